The number of aryl methyl sites for hydroxylation is 1. The highest BCUT2D eigenvalue weighted by Crippen LogP contribution is 2.18. The molecule has 4 rings (SSSR count). The fourth-order valence-corrected chi connectivity index (χ4v) is 2.97. The lowest BCUT2D eigenvalue weighted by atomic mass is 10.1. The van der Waals surface area contributed by atoms with Crippen molar-refractivity contribution in [3.8, 4) is 11.4 Å². The lowest BCUT2D eigenvalue weighted by molar-refractivity contribution is 0.475. The van der Waals surface area contributed by atoms with E-state index in [0.717, 1.165) is 41.4 Å². The van der Waals surface area contributed by atoms with Gasteiger partial charge in [0.2, 0.25) is 5.95 Å². The monoisotopic (exact) mass is 386 g/mol. The fourth-order valence-electron chi connectivity index (χ4n) is 2.97. The number of nitrogens with one attached hydrogen (secondary N) is 2. The van der Waals surface area contributed by atoms with Gasteiger partial charge in [0.1, 0.15) is 11.6 Å². The van der Waals surface area contributed by atoms with Gasteiger partial charge in [0.05, 0.1) is 6.33 Å². The van der Waals surface area contributed by atoms with Gasteiger partial charge in [-0.1, -0.05) is 12.1 Å². The Bertz CT molecular complexity index is 1060. The Labute approximate surface area is 169 Å². The van der Waals surface area contributed by atoms with Gasteiger partial charge >= 0.3 is 0 Å². The van der Waals surface area contributed by atoms with Crippen LogP contribution in [-0.2, 0) is 6.42 Å². The molecular formula is C22H22N6O. The molecule has 0 radical (unpaired) electrons. The first kappa shape index (κ1) is 18.5. The largest absolute Gasteiger partial charge is 0.508 e. The summed E-state index contributed by atoms with van der Waals surface area (Å²) in [7, 11) is 0. The number of anilines is 3. The Morgan fingerprint density at radius 2 is 1.79 bits per heavy atom. The number of phenolic OH excluding ortho intramolecular Hbond substituents is 1. The van der Waals surface area contributed by atoms with Gasteiger partial charge in [-0.25, -0.2) is 9.97 Å². The molecule has 0 aliphatic heterocycles. The standard InChI is InChI=1S/C22H22N6O/c1-16-14-21(24-11-10-17-2-8-20(29)9-3-17)27-22(25-16)26-18-4-6-19(7-5-18)28-13-12-23-15-28/h2-9,12-15,29H,10-11H2,1H3,(H2,24,25,26,27). The van der Waals surface area contributed by atoms with Crippen molar-refractivity contribution in [2.75, 3.05) is 17.2 Å². The van der Waals surface area contributed by atoms with Crippen molar-refractivity contribution in [2.24, 2.45) is 0 Å². The Morgan fingerprint density at radius 3 is 2.52 bits per heavy atom. The minimum atomic E-state index is 0.280. The summed E-state index contributed by atoms with van der Waals surface area (Å²) in [5, 5.41) is 16.0. The number of nitrogens with zero attached hydrogens (tertiary/aromatic N) is 4. The first-order chi connectivity index (χ1) is 14.2. The van der Waals surface area contributed by atoms with E-state index in [0.29, 0.717) is 5.95 Å². The summed E-state index contributed by atoms with van der Waals surface area (Å²) in [6, 6.07) is 17.1. The first-order valence-electron chi connectivity index (χ1n) is 9.38. The van der Waals surface area contributed by atoms with Crippen LogP contribution in [0.15, 0.2) is 73.3 Å². The van der Waals surface area contributed by atoms with Crippen LogP contribution in [0.2, 0.25) is 0 Å². The van der Waals surface area contributed by atoms with Crippen LogP contribution in [0.5, 0.6) is 5.75 Å². The van der Waals surface area contributed by atoms with E-state index in [1.807, 2.05) is 60.2 Å². The van der Waals surface area contributed by atoms with Crippen molar-refractivity contribution in [1.82, 2.24) is 19.5 Å². The lowest BCUT2D eigenvalue weighted by Crippen LogP contribution is -2.08. The van der Waals surface area contributed by atoms with Crippen molar-refractivity contribution in [1.29, 1.82) is 0 Å². The van der Waals surface area contributed by atoms with Gasteiger partial charge < -0.3 is 20.3 Å². The number of imidazole rings is 1. The van der Waals surface area contributed by atoms with Gasteiger partial charge in [-0.2, -0.15) is 4.98 Å². The molecule has 29 heavy (non-hydrogen) atoms. The van der Waals surface area contributed by atoms with E-state index < -0.39 is 0 Å². The summed E-state index contributed by atoms with van der Waals surface area (Å²) >= 11 is 0. The molecule has 2 aromatic heterocycles. The number of aromatic hydroxyl groups is 1. The van der Waals surface area contributed by atoms with Gasteiger partial charge in [-0.3, -0.25) is 0 Å². The molecule has 0 fully saturated rings. The van der Waals surface area contributed by atoms with E-state index in [1.54, 1.807) is 24.7 Å². The average molecular weight is 386 g/mol. The average Bonchev–Trinajstić information content (AvgIpc) is 3.25. The van der Waals surface area contributed by atoms with Crippen LogP contribution < -0.4 is 10.6 Å². The van der Waals surface area contributed by atoms with Crippen molar-refractivity contribution in [3.05, 3.63) is 84.6 Å². The van der Waals surface area contributed by atoms with Crippen molar-refractivity contribution in [3.63, 3.8) is 0 Å². The molecule has 0 bridgehead atoms. The third-order valence-electron chi connectivity index (χ3n) is 4.44. The van der Waals surface area contributed by atoms with E-state index in [1.165, 1.54) is 0 Å². The molecule has 3 N–H and O–H groups in total. The summed E-state index contributed by atoms with van der Waals surface area (Å²) in [4.78, 5) is 13.1. The third-order valence-corrected chi connectivity index (χ3v) is 4.44. The molecule has 7 heteroatoms. The Morgan fingerprint density at radius 1 is 1.00 bits per heavy atom. The topological polar surface area (TPSA) is 87.9 Å². The van der Waals surface area contributed by atoms with E-state index in [2.05, 4.69) is 25.6 Å². The zero-order valence-electron chi connectivity index (χ0n) is 16.1. The highest BCUT2D eigenvalue weighted by atomic mass is 16.3. The van der Waals surface area contributed by atoms with Gasteiger partial charge in [-0.05, 0) is 55.3 Å². The summed E-state index contributed by atoms with van der Waals surface area (Å²) in [5.74, 6) is 1.60. The second kappa shape index (κ2) is 8.43. The zero-order chi connectivity index (χ0) is 20.1. The van der Waals surface area contributed by atoms with Crippen LogP contribution in [0.1, 0.15) is 11.3 Å². The lowest BCUT2D eigenvalue weighted by Gasteiger charge is -2.11. The minimum Gasteiger partial charge on any atom is -0.508 e. The Kier molecular flexibility index (Phi) is 5.38. The van der Waals surface area contributed by atoms with Crippen LogP contribution in [-0.4, -0.2) is 31.2 Å². The second-order valence-electron chi connectivity index (χ2n) is 6.70. The van der Waals surface area contributed by atoms with Crippen molar-refractivity contribution < 1.29 is 5.11 Å². The van der Waals surface area contributed by atoms with Gasteiger partial charge in [0.25, 0.3) is 0 Å². The van der Waals surface area contributed by atoms with Gasteiger partial charge in [-0.15, -0.1) is 0 Å². The Hall–Kier alpha value is -3.87. The summed E-state index contributed by atoms with van der Waals surface area (Å²) in [6.07, 6.45) is 6.26. The summed E-state index contributed by atoms with van der Waals surface area (Å²) < 4.78 is 1.95. The van der Waals surface area contributed by atoms with Gasteiger partial charge in [0, 0.05) is 42.1 Å². The van der Waals surface area contributed by atoms with Crippen LogP contribution in [0.4, 0.5) is 17.5 Å². The van der Waals surface area contributed by atoms with E-state index in [-0.39, 0.29) is 5.75 Å². The molecule has 2 heterocycles. The molecule has 0 aliphatic carbocycles. The van der Waals surface area contributed by atoms with Crippen LogP contribution in [0.25, 0.3) is 5.69 Å². The molecule has 0 atom stereocenters. The number of rotatable bonds is 7. The maximum absolute atomic E-state index is 9.36. The highest BCUT2D eigenvalue weighted by molar-refractivity contribution is 5.57. The molecule has 0 saturated carbocycles. The number of phenols is 1. The smallest absolute Gasteiger partial charge is 0.229 e. The van der Waals surface area contributed by atoms with Crippen LogP contribution in [0, 0.1) is 6.92 Å². The number of hydrogen-bond donors (Lipinski definition) is 3. The minimum absolute atomic E-state index is 0.280. The van der Waals surface area contributed by atoms with Crippen molar-refractivity contribution in [2.45, 2.75) is 13.3 Å². The van der Waals surface area contributed by atoms with E-state index >= 15 is 0 Å². The molecule has 2 aromatic carbocycles. The molecule has 0 unspecified atom stereocenters. The van der Waals surface area contributed by atoms with Crippen LogP contribution in [0.3, 0.4) is 0 Å². The highest BCUT2D eigenvalue weighted by Gasteiger charge is 2.04. The molecule has 0 saturated heterocycles. The molecule has 4 aromatic rings. The molecule has 0 spiro atoms. The van der Waals surface area contributed by atoms with Crippen molar-refractivity contribution >= 4 is 17.5 Å². The second-order valence-corrected chi connectivity index (χ2v) is 6.70. The maximum atomic E-state index is 9.36. The predicted octanol–water partition coefficient (Wildman–Crippen LogP) is 4.07. The van der Waals surface area contributed by atoms with E-state index in [9.17, 15) is 5.11 Å². The number of hydrogen-bond acceptors (Lipinski definition) is 6. The van der Waals surface area contributed by atoms with E-state index in [4.69, 9.17) is 0 Å². The maximum Gasteiger partial charge on any atom is 0.229 e. The Balaban J connectivity index is 1.39. The fraction of sp³-hybridized carbons (Fsp3) is 0.136. The van der Waals surface area contributed by atoms with Crippen LogP contribution >= 0.6 is 0 Å². The molecule has 7 nitrogen and oxygen atoms in total. The molecule has 0 aliphatic rings. The number of aromatic nitrogens is 4. The molecular weight excluding hydrogens is 364 g/mol. The SMILES string of the molecule is Cc1cc(NCCc2ccc(O)cc2)nc(Nc2ccc(-n3ccnc3)cc2)n1. The van der Waals surface area contributed by atoms with Gasteiger partial charge in [0.15, 0.2) is 0 Å². The quantitative estimate of drug-likeness (QED) is 0.444. The summed E-state index contributed by atoms with van der Waals surface area (Å²) in [6.45, 7) is 2.68. The first-order valence-corrected chi connectivity index (χ1v) is 9.38. The zero-order valence-corrected chi connectivity index (χ0v) is 16.1. The number of benzene rings is 2. The third kappa shape index (κ3) is 4.90. The molecule has 146 valence electrons. The normalized spacial score (nSPS) is 10.7. The molecule has 0 amide bonds. The summed E-state index contributed by atoms with van der Waals surface area (Å²) in [5.41, 5.74) is 3.98. The predicted molar refractivity (Wildman–Crippen MR) is 114 cm³/mol.